The van der Waals surface area contributed by atoms with Gasteiger partial charge in [-0.1, -0.05) is 30.3 Å². The fourth-order valence-electron chi connectivity index (χ4n) is 5.18. The molecule has 44 heavy (non-hydrogen) atoms. The maximum atomic E-state index is 13.7. The van der Waals surface area contributed by atoms with Crippen LogP contribution >= 0.6 is 23.2 Å². The molecule has 1 aliphatic heterocycles. The molecule has 1 heterocycles. The molecule has 1 fully saturated rings. The molecule has 10 nitrogen and oxygen atoms in total. The lowest BCUT2D eigenvalue weighted by Crippen LogP contribution is -2.48. The summed E-state index contributed by atoms with van der Waals surface area (Å²) in [4.78, 5) is 13.7. The Bertz CT molecular complexity index is 1330. The second-order valence-corrected chi connectivity index (χ2v) is 12.7. The molecule has 4 rings (SSSR count). The number of carbonyl (C=O) groups excluding carboxylic acids is 1. The van der Waals surface area contributed by atoms with Crippen molar-refractivity contribution in [2.45, 2.75) is 44.9 Å². The molecular weight excluding hydrogens is 604 g/mol. The van der Waals surface area contributed by atoms with Crippen LogP contribution in [0.15, 0.2) is 66.7 Å². The molecule has 0 aromatic heterocycles. The van der Waals surface area contributed by atoms with Crippen LogP contribution in [0.25, 0.3) is 0 Å². The van der Waals surface area contributed by atoms with Crippen LogP contribution in [0.3, 0.4) is 0 Å². The molecule has 6 N–H and O–H groups in total. The Morgan fingerprint density at radius 3 is 2.32 bits per heavy atom. The molecule has 0 aliphatic carbocycles. The Labute approximate surface area is 268 Å². The molecule has 2 atom stereocenters. The Morgan fingerprint density at radius 1 is 0.977 bits per heavy atom. The van der Waals surface area contributed by atoms with Gasteiger partial charge in [0.05, 0.1) is 37.8 Å². The van der Waals surface area contributed by atoms with Crippen LogP contribution in [0.4, 0.5) is 11.4 Å². The maximum Gasteiger partial charge on any atom is 0.251 e. The summed E-state index contributed by atoms with van der Waals surface area (Å²) in [5, 5.41) is 20.9. The predicted octanol–water partition coefficient (Wildman–Crippen LogP) is 5.32. The summed E-state index contributed by atoms with van der Waals surface area (Å²) in [6, 6.07) is 20.0. The minimum Gasteiger partial charge on any atom is -0.497 e. The average Bonchev–Trinajstić information content (AvgIpc) is 3.00. The standard InChI is InChI=1S/C32H44N4O6S.ClH/c1-4-34-26-17-25(18-27(19-26)36-12-8-9-13-43(36,39)40)32(38)35-30(16-23-10-6-5-7-11-23)31(37)22-33-21-24-14-28(41-2)20-29(15-24)42-3;/h5-7,10-11,14-15,17-20,30-31,33-34,37,39-40H,4,8-9,12-13,16,21-22H2,1-3H3,(H,35,38);1H/t30-,31+;/m0./s1. The molecular formula is C32H45ClN4O6S. The summed E-state index contributed by atoms with van der Waals surface area (Å²) in [7, 11) is 0.237. The lowest BCUT2D eigenvalue weighted by Gasteiger charge is -2.47. The average molecular weight is 649 g/mol. The van der Waals surface area contributed by atoms with Crippen LogP contribution < -0.4 is 29.7 Å². The van der Waals surface area contributed by atoms with E-state index in [2.05, 4.69) is 16.0 Å². The van der Waals surface area contributed by atoms with Crippen molar-refractivity contribution in [3.8, 4) is 11.5 Å². The number of rotatable bonds is 14. The first kappa shape index (κ1) is 35.3. The monoisotopic (exact) mass is 648 g/mol. The number of benzene rings is 3. The maximum absolute atomic E-state index is 13.7. The van der Waals surface area contributed by atoms with E-state index < -0.39 is 22.9 Å². The summed E-state index contributed by atoms with van der Waals surface area (Å²) in [5.74, 6) is 1.31. The molecule has 0 radical (unpaired) electrons. The Kier molecular flexibility index (Phi) is 13.4. The van der Waals surface area contributed by atoms with Crippen LogP contribution in [0.5, 0.6) is 11.5 Å². The van der Waals surface area contributed by atoms with Gasteiger partial charge < -0.3 is 30.5 Å². The van der Waals surface area contributed by atoms with Crippen molar-refractivity contribution in [3.63, 3.8) is 0 Å². The number of anilines is 2. The molecule has 12 heteroatoms. The minimum absolute atomic E-state index is 0. The number of aliphatic hydroxyl groups is 1. The van der Waals surface area contributed by atoms with Gasteiger partial charge in [-0.15, -0.1) is 23.2 Å². The highest BCUT2D eigenvalue weighted by molar-refractivity contribution is 8.25. The van der Waals surface area contributed by atoms with Gasteiger partial charge >= 0.3 is 0 Å². The van der Waals surface area contributed by atoms with Gasteiger partial charge in [-0.3, -0.25) is 18.2 Å². The summed E-state index contributed by atoms with van der Waals surface area (Å²) in [5.41, 5.74) is 3.58. The number of hydrogen-bond donors (Lipinski definition) is 6. The highest BCUT2D eigenvalue weighted by Crippen LogP contribution is 2.50. The fraction of sp³-hybridized carbons (Fsp3) is 0.406. The number of nitrogens with zero attached hydrogens (tertiary/aromatic N) is 1. The normalized spacial score (nSPS) is 16.2. The molecule has 242 valence electrons. The van der Waals surface area contributed by atoms with E-state index in [1.165, 1.54) is 0 Å². The van der Waals surface area contributed by atoms with Gasteiger partial charge in [0.15, 0.2) is 0 Å². The Balaban J connectivity index is 0.00000529. The van der Waals surface area contributed by atoms with Crippen molar-refractivity contribution >= 4 is 40.5 Å². The van der Waals surface area contributed by atoms with E-state index in [4.69, 9.17) is 9.47 Å². The first-order chi connectivity index (χ1) is 20.7. The van der Waals surface area contributed by atoms with Crippen LogP contribution in [0, 0.1) is 0 Å². The second kappa shape index (κ2) is 16.8. The van der Waals surface area contributed by atoms with Gasteiger partial charge in [-0.05, 0) is 67.6 Å². The van der Waals surface area contributed by atoms with E-state index in [1.54, 1.807) is 36.7 Å². The largest absolute Gasteiger partial charge is 0.497 e. The van der Waals surface area contributed by atoms with Gasteiger partial charge in [0.2, 0.25) is 0 Å². The first-order valence-electron chi connectivity index (χ1n) is 14.6. The number of amides is 1. The molecule has 0 spiro atoms. The zero-order chi connectivity index (χ0) is 30.8. The van der Waals surface area contributed by atoms with Crippen molar-refractivity contribution in [3.05, 3.63) is 83.4 Å². The predicted molar refractivity (Wildman–Crippen MR) is 181 cm³/mol. The third kappa shape index (κ3) is 9.65. The quantitative estimate of drug-likeness (QED) is 0.137. The van der Waals surface area contributed by atoms with Gasteiger partial charge in [0, 0.05) is 43.5 Å². The molecule has 3 aromatic carbocycles. The van der Waals surface area contributed by atoms with Crippen molar-refractivity contribution in [1.29, 1.82) is 0 Å². The molecule has 1 aliphatic rings. The first-order valence-corrected chi connectivity index (χ1v) is 16.3. The van der Waals surface area contributed by atoms with Gasteiger partial charge in [0.1, 0.15) is 11.5 Å². The Hall–Kier alpha value is -3.19. The van der Waals surface area contributed by atoms with Crippen molar-refractivity contribution in [2.24, 2.45) is 0 Å². The molecule has 0 saturated carbocycles. The van der Waals surface area contributed by atoms with E-state index in [0.717, 1.165) is 24.0 Å². The number of halogens is 1. The fourth-order valence-corrected chi connectivity index (χ4v) is 6.85. The zero-order valence-electron chi connectivity index (χ0n) is 25.5. The van der Waals surface area contributed by atoms with Crippen LogP contribution in [0.1, 0.15) is 41.3 Å². The van der Waals surface area contributed by atoms with Crippen LogP contribution in [-0.2, 0) is 13.0 Å². The molecule has 1 saturated heterocycles. The summed E-state index contributed by atoms with van der Waals surface area (Å²) in [6.07, 6.45) is 1.11. The van der Waals surface area contributed by atoms with Crippen molar-refractivity contribution in [1.82, 2.24) is 10.6 Å². The number of ether oxygens (including phenoxy) is 2. The highest BCUT2D eigenvalue weighted by atomic mass is 35.5. The van der Waals surface area contributed by atoms with Gasteiger partial charge in [0.25, 0.3) is 5.91 Å². The van der Waals surface area contributed by atoms with Gasteiger partial charge in [-0.2, -0.15) is 0 Å². The smallest absolute Gasteiger partial charge is 0.251 e. The minimum atomic E-state index is -2.96. The summed E-state index contributed by atoms with van der Waals surface area (Å²) in [6.45, 7) is 3.80. The SMILES string of the molecule is CCNc1cc(C(=O)N[C@@H](Cc2ccccc2)[C@H](O)CNCc2cc(OC)cc(OC)c2)cc(N2CCCCS2(O)O)c1.Cl. The van der Waals surface area contributed by atoms with E-state index in [9.17, 15) is 19.0 Å². The highest BCUT2D eigenvalue weighted by Gasteiger charge is 2.28. The second-order valence-electron chi connectivity index (χ2n) is 10.6. The lowest BCUT2D eigenvalue weighted by molar-refractivity contribution is 0.0830. The van der Waals surface area contributed by atoms with Crippen LogP contribution in [-0.4, -0.2) is 71.9 Å². The number of nitrogens with one attached hydrogen (secondary N) is 3. The molecule has 0 bridgehead atoms. The summed E-state index contributed by atoms with van der Waals surface area (Å²) < 4.78 is 33.8. The van der Waals surface area contributed by atoms with E-state index >= 15 is 0 Å². The number of methoxy groups -OCH3 is 2. The zero-order valence-corrected chi connectivity index (χ0v) is 27.1. The third-order valence-corrected chi connectivity index (χ3v) is 9.34. The lowest BCUT2D eigenvalue weighted by atomic mass is 10.00. The number of aliphatic hydroxyl groups excluding tert-OH is 1. The van der Waals surface area contributed by atoms with E-state index in [0.29, 0.717) is 60.2 Å². The molecule has 0 unspecified atom stereocenters. The third-order valence-electron chi connectivity index (χ3n) is 7.40. The Morgan fingerprint density at radius 2 is 1.68 bits per heavy atom. The van der Waals surface area contributed by atoms with Gasteiger partial charge in [-0.25, -0.2) is 0 Å². The molecule has 3 aromatic rings. The van der Waals surface area contributed by atoms with E-state index in [-0.39, 0.29) is 24.9 Å². The molecule has 1 amide bonds. The van der Waals surface area contributed by atoms with Crippen molar-refractivity contribution in [2.75, 3.05) is 49.2 Å². The van der Waals surface area contributed by atoms with E-state index in [1.807, 2.05) is 55.5 Å². The van der Waals surface area contributed by atoms with Crippen molar-refractivity contribution < 1.29 is 28.5 Å². The number of hydrogen-bond acceptors (Lipinski definition) is 9. The number of carbonyl (C=O) groups is 1. The van der Waals surface area contributed by atoms with Crippen LogP contribution in [0.2, 0.25) is 0 Å². The topological polar surface area (TPSA) is 136 Å². The summed E-state index contributed by atoms with van der Waals surface area (Å²) >= 11 is 0.